The fourth-order valence-electron chi connectivity index (χ4n) is 0.732. The highest BCUT2D eigenvalue weighted by molar-refractivity contribution is 5.61. The Hall–Kier alpha value is -1.99. The van der Waals surface area contributed by atoms with Crippen molar-refractivity contribution in [1.29, 1.82) is 0 Å². The number of aliphatic hydroxyl groups excluding tert-OH is 1. The molecule has 14 heavy (non-hydrogen) atoms. The van der Waals surface area contributed by atoms with E-state index < -0.39 is 12.2 Å². The van der Waals surface area contributed by atoms with E-state index in [-0.39, 0.29) is 0 Å². The molecule has 0 bridgehead atoms. The lowest BCUT2D eigenvalue weighted by Crippen LogP contribution is -2.03. The smallest absolute Gasteiger partial charge is 0.402 e. The molecule has 1 aromatic rings. The molecule has 0 aromatic heterocycles. The Morgan fingerprint density at radius 3 is 2.21 bits per heavy atom. The Labute approximate surface area is 82.0 Å². The van der Waals surface area contributed by atoms with Crippen molar-refractivity contribution in [3.8, 4) is 12.3 Å². The predicted molar refractivity (Wildman–Crippen MR) is 52.4 cm³/mol. The normalized spacial score (nSPS) is 10.3. The van der Waals surface area contributed by atoms with Crippen molar-refractivity contribution in [2.24, 2.45) is 5.73 Å². The average molecular weight is 193 g/mol. The van der Waals surface area contributed by atoms with Crippen molar-refractivity contribution in [3.05, 3.63) is 35.9 Å². The number of primary amides is 1. The maximum absolute atomic E-state index is 9.09. The van der Waals surface area contributed by atoms with Crippen LogP contribution < -0.4 is 5.73 Å². The second-order valence-electron chi connectivity index (χ2n) is 2.32. The minimum Gasteiger partial charge on any atom is -0.465 e. The largest absolute Gasteiger partial charge is 0.465 e. The van der Waals surface area contributed by atoms with Crippen LogP contribution in [0.1, 0.15) is 11.7 Å². The molecule has 1 rings (SSSR count). The molecule has 1 amide bonds. The Morgan fingerprint density at radius 1 is 1.43 bits per heavy atom. The van der Waals surface area contributed by atoms with E-state index in [9.17, 15) is 0 Å². The molecule has 1 unspecified atom stereocenters. The van der Waals surface area contributed by atoms with Crippen LogP contribution >= 0.6 is 0 Å². The number of hydrogen-bond donors (Lipinski definition) is 3. The summed E-state index contributed by atoms with van der Waals surface area (Å²) < 4.78 is 0. The standard InChI is InChI=1S/C9H8O.CH3NO2/c1-2-9(10)8-6-4-3-5-7-8;2-1(3)4/h1,3-7,9-10H;2H2,(H,3,4). The van der Waals surface area contributed by atoms with Crippen LogP contribution in [0.25, 0.3) is 0 Å². The van der Waals surface area contributed by atoms with Gasteiger partial charge in [-0.2, -0.15) is 0 Å². The van der Waals surface area contributed by atoms with Gasteiger partial charge in [-0.3, -0.25) is 0 Å². The molecule has 0 fully saturated rings. The maximum Gasteiger partial charge on any atom is 0.402 e. The van der Waals surface area contributed by atoms with Gasteiger partial charge in [0.05, 0.1) is 0 Å². The van der Waals surface area contributed by atoms with Crippen LogP contribution in [0, 0.1) is 12.3 Å². The molecule has 0 spiro atoms. The summed E-state index contributed by atoms with van der Waals surface area (Å²) in [6, 6.07) is 9.16. The van der Waals surface area contributed by atoms with Crippen LogP contribution in [0.3, 0.4) is 0 Å². The summed E-state index contributed by atoms with van der Waals surface area (Å²) in [4.78, 5) is 8.78. The van der Waals surface area contributed by atoms with Gasteiger partial charge in [-0.1, -0.05) is 36.3 Å². The van der Waals surface area contributed by atoms with Gasteiger partial charge in [0, 0.05) is 0 Å². The van der Waals surface area contributed by atoms with E-state index in [2.05, 4.69) is 11.7 Å². The molecular formula is C10H11NO3. The second-order valence-corrected chi connectivity index (χ2v) is 2.32. The minimum absolute atomic E-state index is 0.763. The third-order valence-corrected chi connectivity index (χ3v) is 1.27. The Kier molecular flexibility index (Phi) is 5.59. The van der Waals surface area contributed by atoms with Gasteiger partial charge in [-0.05, 0) is 5.56 Å². The fraction of sp³-hybridized carbons (Fsp3) is 0.100. The number of aliphatic hydroxyl groups is 1. The predicted octanol–water partition coefficient (Wildman–Crippen LogP) is 0.976. The highest BCUT2D eigenvalue weighted by Gasteiger charge is 1.98. The van der Waals surface area contributed by atoms with Gasteiger partial charge in [0.1, 0.15) is 6.10 Å². The molecule has 0 saturated heterocycles. The Morgan fingerprint density at radius 2 is 1.86 bits per heavy atom. The number of benzene rings is 1. The van der Waals surface area contributed by atoms with Crippen LogP contribution in [0.4, 0.5) is 4.79 Å². The van der Waals surface area contributed by atoms with Crippen LogP contribution in [0.15, 0.2) is 30.3 Å². The molecular weight excluding hydrogens is 182 g/mol. The molecule has 4 heteroatoms. The van der Waals surface area contributed by atoms with Gasteiger partial charge in [-0.25, -0.2) is 4.79 Å². The van der Waals surface area contributed by atoms with E-state index in [1.54, 1.807) is 12.1 Å². The SMILES string of the molecule is C#CC(O)c1ccccc1.NC(=O)O. The minimum atomic E-state index is -1.33. The van der Waals surface area contributed by atoms with Gasteiger partial charge in [-0.15, -0.1) is 6.42 Å². The van der Waals surface area contributed by atoms with E-state index in [4.69, 9.17) is 21.4 Å². The van der Waals surface area contributed by atoms with Crippen LogP contribution in [0.2, 0.25) is 0 Å². The molecule has 0 aliphatic heterocycles. The summed E-state index contributed by atoms with van der Waals surface area (Å²) in [7, 11) is 0. The Bertz CT molecular complexity index is 312. The number of carboxylic acid groups (broad SMARTS) is 1. The first-order chi connectivity index (χ1) is 6.57. The lowest BCUT2D eigenvalue weighted by Gasteiger charge is -2.00. The zero-order valence-electron chi connectivity index (χ0n) is 7.42. The summed E-state index contributed by atoms with van der Waals surface area (Å²) in [5.41, 5.74) is 4.80. The number of carbonyl (C=O) groups is 1. The summed E-state index contributed by atoms with van der Waals surface area (Å²) in [6.07, 6.45) is 2.91. The lowest BCUT2D eigenvalue weighted by atomic mass is 10.1. The highest BCUT2D eigenvalue weighted by Crippen LogP contribution is 2.09. The van der Waals surface area contributed by atoms with Crippen molar-refractivity contribution in [1.82, 2.24) is 0 Å². The zero-order chi connectivity index (χ0) is 11.0. The molecule has 74 valence electrons. The van der Waals surface area contributed by atoms with Gasteiger partial charge in [0.25, 0.3) is 0 Å². The van der Waals surface area contributed by atoms with Crippen LogP contribution in [-0.4, -0.2) is 16.3 Å². The van der Waals surface area contributed by atoms with Gasteiger partial charge in [0.2, 0.25) is 0 Å². The molecule has 1 aromatic carbocycles. The van der Waals surface area contributed by atoms with E-state index in [0.717, 1.165) is 5.56 Å². The van der Waals surface area contributed by atoms with E-state index >= 15 is 0 Å². The lowest BCUT2D eigenvalue weighted by molar-refractivity contribution is 0.205. The number of terminal acetylenes is 1. The van der Waals surface area contributed by atoms with Crippen molar-refractivity contribution in [2.45, 2.75) is 6.10 Å². The van der Waals surface area contributed by atoms with Crippen molar-refractivity contribution >= 4 is 6.09 Å². The summed E-state index contributed by atoms with van der Waals surface area (Å²) in [5, 5.41) is 16.3. The first-order valence-corrected chi connectivity index (χ1v) is 3.75. The fourth-order valence-corrected chi connectivity index (χ4v) is 0.732. The van der Waals surface area contributed by atoms with Crippen LogP contribution in [0.5, 0.6) is 0 Å². The van der Waals surface area contributed by atoms with Crippen molar-refractivity contribution in [2.75, 3.05) is 0 Å². The molecule has 0 aliphatic rings. The van der Waals surface area contributed by atoms with E-state index in [1.165, 1.54) is 0 Å². The maximum atomic E-state index is 9.09. The molecule has 0 saturated carbocycles. The first-order valence-electron chi connectivity index (χ1n) is 3.75. The molecule has 0 radical (unpaired) electrons. The third-order valence-electron chi connectivity index (χ3n) is 1.27. The van der Waals surface area contributed by atoms with Crippen molar-refractivity contribution in [3.63, 3.8) is 0 Å². The topological polar surface area (TPSA) is 83.5 Å². The molecule has 0 heterocycles. The first kappa shape index (κ1) is 12.0. The molecule has 4 nitrogen and oxygen atoms in total. The third kappa shape index (κ3) is 5.63. The second kappa shape index (κ2) is 6.52. The summed E-state index contributed by atoms with van der Waals surface area (Å²) in [6.45, 7) is 0. The Balaban J connectivity index is 0.000000364. The van der Waals surface area contributed by atoms with Crippen molar-refractivity contribution < 1.29 is 15.0 Å². The number of nitrogens with two attached hydrogens (primary N) is 1. The van der Waals surface area contributed by atoms with Gasteiger partial charge < -0.3 is 15.9 Å². The molecule has 0 aliphatic carbocycles. The van der Waals surface area contributed by atoms with Gasteiger partial charge in [0.15, 0.2) is 0 Å². The number of hydrogen-bond acceptors (Lipinski definition) is 2. The summed E-state index contributed by atoms with van der Waals surface area (Å²) >= 11 is 0. The monoisotopic (exact) mass is 193 g/mol. The van der Waals surface area contributed by atoms with Crippen LogP contribution in [-0.2, 0) is 0 Å². The molecule has 4 N–H and O–H groups in total. The number of rotatable bonds is 1. The van der Waals surface area contributed by atoms with Gasteiger partial charge >= 0.3 is 6.09 Å². The van der Waals surface area contributed by atoms with E-state index in [0.29, 0.717) is 0 Å². The average Bonchev–Trinajstić information content (AvgIpc) is 2.17. The zero-order valence-corrected chi connectivity index (χ0v) is 7.42. The molecule has 1 atom stereocenters. The highest BCUT2D eigenvalue weighted by atomic mass is 16.4. The van der Waals surface area contributed by atoms with E-state index in [1.807, 2.05) is 18.2 Å². The summed E-state index contributed by atoms with van der Waals surface area (Å²) in [5.74, 6) is 2.24. The number of amides is 1. The quantitative estimate of drug-likeness (QED) is 0.581.